The Morgan fingerprint density at radius 1 is 1.40 bits per heavy atom. The van der Waals surface area contributed by atoms with Gasteiger partial charge in [-0.2, -0.15) is 0 Å². The lowest BCUT2D eigenvalue weighted by Gasteiger charge is -2.12. The van der Waals surface area contributed by atoms with Gasteiger partial charge in [0.05, 0.1) is 10.7 Å². The molecular formula is C15H18ClN3S. The lowest BCUT2D eigenvalue weighted by atomic mass is 10.1. The molecule has 2 heterocycles. The van der Waals surface area contributed by atoms with E-state index in [0.717, 1.165) is 40.9 Å². The molecule has 2 unspecified atom stereocenters. The van der Waals surface area contributed by atoms with Gasteiger partial charge >= 0.3 is 0 Å². The Bertz CT molecular complexity index is 588. The Hall–Kier alpha value is -0.940. The van der Waals surface area contributed by atoms with Gasteiger partial charge in [0.15, 0.2) is 0 Å². The Kier molecular flexibility index (Phi) is 4.08. The summed E-state index contributed by atoms with van der Waals surface area (Å²) in [7, 11) is 0. The summed E-state index contributed by atoms with van der Waals surface area (Å²) in [5, 5.41) is 3.86. The minimum atomic E-state index is 0.289. The summed E-state index contributed by atoms with van der Waals surface area (Å²) in [5.74, 6) is 0.566. The number of aromatic nitrogens is 1. The smallest absolute Gasteiger partial charge is 0.125 e. The first-order valence-corrected chi connectivity index (χ1v) is 8.06. The molecule has 0 aliphatic carbocycles. The molecule has 1 aromatic carbocycles. The first kappa shape index (κ1) is 14.0. The van der Waals surface area contributed by atoms with Crippen LogP contribution in [0.15, 0.2) is 29.6 Å². The van der Waals surface area contributed by atoms with Gasteiger partial charge in [-0.1, -0.05) is 36.7 Å². The number of thiazole rings is 1. The van der Waals surface area contributed by atoms with Crippen LogP contribution in [-0.4, -0.2) is 29.0 Å². The maximum absolute atomic E-state index is 6.22. The zero-order valence-corrected chi connectivity index (χ0v) is 13.0. The van der Waals surface area contributed by atoms with E-state index in [0.29, 0.717) is 5.92 Å². The first-order valence-electron chi connectivity index (χ1n) is 6.80. The normalized spacial score (nSPS) is 23.4. The Balaban J connectivity index is 1.73. The average Bonchev–Trinajstić information content (AvgIpc) is 2.98. The number of hydrogen-bond acceptors (Lipinski definition) is 4. The monoisotopic (exact) mass is 307 g/mol. The lowest BCUT2D eigenvalue weighted by Crippen LogP contribution is -2.28. The highest BCUT2D eigenvalue weighted by molar-refractivity contribution is 7.13. The summed E-state index contributed by atoms with van der Waals surface area (Å²) < 4.78 is 0. The molecule has 1 fully saturated rings. The van der Waals surface area contributed by atoms with E-state index < -0.39 is 0 Å². The van der Waals surface area contributed by atoms with Gasteiger partial charge in [-0.3, -0.25) is 4.90 Å². The van der Waals surface area contributed by atoms with Gasteiger partial charge in [0, 0.05) is 36.6 Å². The lowest BCUT2D eigenvalue weighted by molar-refractivity contribution is 0.315. The number of nitrogens with two attached hydrogens (primary N) is 1. The van der Waals surface area contributed by atoms with Crippen molar-refractivity contribution in [2.45, 2.75) is 19.5 Å². The van der Waals surface area contributed by atoms with Crippen LogP contribution >= 0.6 is 22.9 Å². The fraction of sp³-hybridized carbons (Fsp3) is 0.400. The van der Waals surface area contributed by atoms with Crippen molar-refractivity contribution in [3.05, 3.63) is 40.4 Å². The third kappa shape index (κ3) is 2.88. The van der Waals surface area contributed by atoms with E-state index in [1.807, 2.05) is 24.3 Å². The second-order valence-corrected chi connectivity index (χ2v) is 6.72. The highest BCUT2D eigenvalue weighted by atomic mass is 35.5. The predicted molar refractivity (Wildman–Crippen MR) is 85.0 cm³/mol. The van der Waals surface area contributed by atoms with E-state index in [1.54, 1.807) is 11.3 Å². The van der Waals surface area contributed by atoms with Gasteiger partial charge in [-0.15, -0.1) is 11.3 Å². The summed E-state index contributed by atoms with van der Waals surface area (Å²) in [6.07, 6.45) is 0. The van der Waals surface area contributed by atoms with E-state index in [2.05, 4.69) is 17.2 Å². The van der Waals surface area contributed by atoms with Crippen LogP contribution in [0, 0.1) is 5.92 Å². The van der Waals surface area contributed by atoms with Gasteiger partial charge in [-0.05, 0) is 12.0 Å². The molecule has 0 radical (unpaired) electrons. The molecule has 106 valence electrons. The van der Waals surface area contributed by atoms with Crippen LogP contribution < -0.4 is 5.73 Å². The molecule has 3 nitrogen and oxygen atoms in total. The molecule has 1 aromatic heterocycles. The van der Waals surface area contributed by atoms with Crippen LogP contribution in [0.4, 0.5) is 0 Å². The molecule has 2 aromatic rings. The number of halogens is 1. The second kappa shape index (κ2) is 5.82. The number of rotatable bonds is 3. The van der Waals surface area contributed by atoms with Crippen molar-refractivity contribution in [2.75, 3.05) is 13.1 Å². The van der Waals surface area contributed by atoms with Crippen LogP contribution in [0.25, 0.3) is 10.6 Å². The summed E-state index contributed by atoms with van der Waals surface area (Å²) in [4.78, 5) is 7.08. The molecule has 2 atom stereocenters. The van der Waals surface area contributed by atoms with Gasteiger partial charge < -0.3 is 5.73 Å². The Labute approximate surface area is 128 Å². The van der Waals surface area contributed by atoms with Crippen molar-refractivity contribution in [3.8, 4) is 10.6 Å². The maximum Gasteiger partial charge on any atom is 0.125 e. The Morgan fingerprint density at radius 2 is 2.20 bits per heavy atom. The minimum absolute atomic E-state index is 0.289. The van der Waals surface area contributed by atoms with Crippen molar-refractivity contribution in [1.82, 2.24) is 9.88 Å². The van der Waals surface area contributed by atoms with E-state index >= 15 is 0 Å². The molecule has 0 amide bonds. The fourth-order valence-corrected chi connectivity index (χ4v) is 3.72. The standard InChI is InChI=1S/C15H18ClN3S/c1-10-6-19(8-14(10)17)7-11-9-20-15(18-11)12-4-2-3-5-13(12)16/h2-5,9-10,14H,6-8,17H2,1H3. The Morgan fingerprint density at radius 3 is 2.90 bits per heavy atom. The van der Waals surface area contributed by atoms with E-state index in [-0.39, 0.29) is 6.04 Å². The summed E-state index contributed by atoms with van der Waals surface area (Å²) >= 11 is 7.86. The molecule has 2 N–H and O–H groups in total. The average molecular weight is 308 g/mol. The molecule has 1 saturated heterocycles. The van der Waals surface area contributed by atoms with Crippen molar-refractivity contribution in [2.24, 2.45) is 11.7 Å². The highest BCUT2D eigenvalue weighted by Crippen LogP contribution is 2.30. The molecule has 0 bridgehead atoms. The first-order chi connectivity index (χ1) is 9.63. The van der Waals surface area contributed by atoms with Crippen molar-refractivity contribution in [3.63, 3.8) is 0 Å². The largest absolute Gasteiger partial charge is 0.326 e. The number of nitrogens with zero attached hydrogens (tertiary/aromatic N) is 2. The van der Waals surface area contributed by atoms with Gasteiger partial charge in [0.1, 0.15) is 5.01 Å². The zero-order valence-electron chi connectivity index (χ0n) is 11.4. The van der Waals surface area contributed by atoms with Crippen molar-refractivity contribution < 1.29 is 0 Å². The van der Waals surface area contributed by atoms with Crippen LogP contribution in [0.2, 0.25) is 5.02 Å². The molecule has 20 heavy (non-hydrogen) atoms. The topological polar surface area (TPSA) is 42.2 Å². The molecular weight excluding hydrogens is 290 g/mol. The van der Waals surface area contributed by atoms with Crippen molar-refractivity contribution in [1.29, 1.82) is 0 Å². The predicted octanol–water partition coefficient (Wildman–Crippen LogP) is 3.24. The number of likely N-dealkylation sites (tertiary alicyclic amines) is 1. The van der Waals surface area contributed by atoms with Crippen LogP contribution in [-0.2, 0) is 6.54 Å². The third-order valence-corrected chi connectivity index (χ3v) is 5.04. The molecule has 1 aliphatic heterocycles. The highest BCUT2D eigenvalue weighted by Gasteiger charge is 2.26. The maximum atomic E-state index is 6.22. The quantitative estimate of drug-likeness (QED) is 0.946. The van der Waals surface area contributed by atoms with E-state index in [1.165, 1.54) is 0 Å². The van der Waals surface area contributed by atoms with E-state index in [9.17, 15) is 0 Å². The van der Waals surface area contributed by atoms with Crippen LogP contribution in [0.5, 0.6) is 0 Å². The second-order valence-electron chi connectivity index (χ2n) is 5.46. The van der Waals surface area contributed by atoms with Gasteiger partial charge in [-0.25, -0.2) is 4.98 Å². The SMILES string of the molecule is CC1CN(Cc2csc(-c3ccccc3Cl)n2)CC1N. The van der Waals surface area contributed by atoms with Crippen LogP contribution in [0.1, 0.15) is 12.6 Å². The van der Waals surface area contributed by atoms with Gasteiger partial charge in [0.25, 0.3) is 0 Å². The number of hydrogen-bond donors (Lipinski definition) is 1. The summed E-state index contributed by atoms with van der Waals surface area (Å²) in [6, 6.07) is 8.13. The number of benzene rings is 1. The fourth-order valence-electron chi connectivity index (χ4n) is 2.59. The van der Waals surface area contributed by atoms with Crippen LogP contribution in [0.3, 0.4) is 0 Å². The summed E-state index contributed by atoms with van der Waals surface area (Å²) in [5.41, 5.74) is 8.18. The molecule has 3 rings (SSSR count). The zero-order chi connectivity index (χ0) is 14.1. The molecule has 5 heteroatoms. The minimum Gasteiger partial charge on any atom is -0.326 e. The molecule has 0 saturated carbocycles. The van der Waals surface area contributed by atoms with Gasteiger partial charge in [0.2, 0.25) is 0 Å². The molecule has 0 spiro atoms. The van der Waals surface area contributed by atoms with Crippen molar-refractivity contribution >= 4 is 22.9 Å². The summed E-state index contributed by atoms with van der Waals surface area (Å²) in [6.45, 7) is 5.10. The van der Waals surface area contributed by atoms with E-state index in [4.69, 9.17) is 22.3 Å². The third-order valence-electron chi connectivity index (χ3n) is 3.79. The molecule has 1 aliphatic rings.